The number of hydrogen-bond donors (Lipinski definition) is 1. The van der Waals surface area contributed by atoms with E-state index in [0.29, 0.717) is 22.7 Å². The smallest absolute Gasteiger partial charge is 0.229 e. The largest absolute Gasteiger partial charge is 0.495 e. The second-order valence-corrected chi connectivity index (χ2v) is 6.20. The van der Waals surface area contributed by atoms with E-state index < -0.39 is 5.92 Å². The van der Waals surface area contributed by atoms with E-state index in [1.807, 2.05) is 12.1 Å². The Kier molecular flexibility index (Phi) is 5.02. The number of rotatable bonds is 5. The molecular formula is C20H20N2O4. The molecule has 0 unspecified atom stereocenters. The molecule has 1 N–H and O–H groups in total. The summed E-state index contributed by atoms with van der Waals surface area (Å²) in [6, 6.07) is 14.0. The number of amides is 2. The number of ether oxygens (including phenoxy) is 1. The number of para-hydroxylation sites is 2. The molecule has 1 heterocycles. The molecule has 26 heavy (non-hydrogen) atoms. The van der Waals surface area contributed by atoms with Crippen molar-refractivity contribution in [2.75, 3.05) is 23.9 Å². The lowest BCUT2D eigenvalue weighted by atomic mass is 10.1. The minimum atomic E-state index is -0.464. The Labute approximate surface area is 151 Å². The van der Waals surface area contributed by atoms with E-state index >= 15 is 0 Å². The number of Topliss-reactive ketones (excluding diaryl/α,β-unsaturated/α-hetero) is 1. The Balaban J connectivity index is 1.73. The molecule has 0 bridgehead atoms. The average Bonchev–Trinajstić information content (AvgIpc) is 3.03. The molecule has 2 amide bonds. The number of carbonyl (C=O) groups excluding carboxylic acids is 3. The van der Waals surface area contributed by atoms with E-state index in [9.17, 15) is 14.4 Å². The Morgan fingerprint density at radius 2 is 1.92 bits per heavy atom. The monoisotopic (exact) mass is 352 g/mol. The molecule has 1 saturated heterocycles. The highest BCUT2D eigenvalue weighted by molar-refractivity contribution is 6.04. The fraction of sp³-hybridized carbons (Fsp3) is 0.250. The number of ketones is 1. The SMILES string of the molecule is COc1ccccc1N1C[C@@H](C(=O)Nc2cccc(C(C)=O)c2)CC1=O. The predicted molar refractivity (Wildman–Crippen MR) is 98.5 cm³/mol. The summed E-state index contributed by atoms with van der Waals surface area (Å²) in [5.41, 5.74) is 1.74. The number of carbonyl (C=O) groups is 3. The molecule has 6 heteroatoms. The summed E-state index contributed by atoms with van der Waals surface area (Å²) in [6.45, 7) is 1.76. The minimum absolute atomic E-state index is 0.0699. The molecule has 0 radical (unpaired) electrons. The van der Waals surface area contributed by atoms with Gasteiger partial charge in [0.2, 0.25) is 11.8 Å². The number of nitrogens with zero attached hydrogens (tertiary/aromatic N) is 1. The van der Waals surface area contributed by atoms with Gasteiger partial charge in [0.25, 0.3) is 0 Å². The molecular weight excluding hydrogens is 332 g/mol. The highest BCUT2D eigenvalue weighted by Gasteiger charge is 2.36. The van der Waals surface area contributed by atoms with Gasteiger partial charge in [0, 0.05) is 24.2 Å². The Morgan fingerprint density at radius 1 is 1.15 bits per heavy atom. The first-order chi connectivity index (χ1) is 12.5. The molecule has 134 valence electrons. The summed E-state index contributed by atoms with van der Waals surface area (Å²) >= 11 is 0. The highest BCUT2D eigenvalue weighted by Crippen LogP contribution is 2.33. The van der Waals surface area contributed by atoms with Crippen molar-refractivity contribution in [3.8, 4) is 5.75 Å². The average molecular weight is 352 g/mol. The van der Waals surface area contributed by atoms with Crippen LogP contribution < -0.4 is 15.0 Å². The molecule has 2 aromatic carbocycles. The van der Waals surface area contributed by atoms with Gasteiger partial charge in [-0.3, -0.25) is 14.4 Å². The second kappa shape index (κ2) is 7.39. The maximum Gasteiger partial charge on any atom is 0.229 e. The van der Waals surface area contributed by atoms with Crippen LogP contribution in [-0.4, -0.2) is 31.3 Å². The summed E-state index contributed by atoms with van der Waals surface area (Å²) in [7, 11) is 1.55. The first-order valence-electron chi connectivity index (χ1n) is 8.35. The molecule has 1 fully saturated rings. The van der Waals surface area contributed by atoms with Crippen LogP contribution >= 0.6 is 0 Å². The van der Waals surface area contributed by atoms with Crippen molar-refractivity contribution in [3.63, 3.8) is 0 Å². The minimum Gasteiger partial charge on any atom is -0.495 e. The van der Waals surface area contributed by atoms with Crippen molar-refractivity contribution in [3.05, 3.63) is 54.1 Å². The first-order valence-corrected chi connectivity index (χ1v) is 8.35. The summed E-state index contributed by atoms with van der Waals surface area (Å²) in [5.74, 6) is -0.299. The van der Waals surface area contributed by atoms with Crippen molar-refractivity contribution in [2.24, 2.45) is 5.92 Å². The van der Waals surface area contributed by atoms with Crippen molar-refractivity contribution in [2.45, 2.75) is 13.3 Å². The maximum atomic E-state index is 12.6. The third-order valence-corrected chi connectivity index (χ3v) is 4.41. The van der Waals surface area contributed by atoms with Crippen LogP contribution in [-0.2, 0) is 9.59 Å². The van der Waals surface area contributed by atoms with Crippen LogP contribution in [0.15, 0.2) is 48.5 Å². The first kappa shape index (κ1) is 17.7. The van der Waals surface area contributed by atoms with Gasteiger partial charge in [-0.25, -0.2) is 0 Å². The molecule has 2 aromatic rings. The number of anilines is 2. The topological polar surface area (TPSA) is 75.7 Å². The van der Waals surface area contributed by atoms with Gasteiger partial charge < -0.3 is 15.0 Å². The van der Waals surface area contributed by atoms with Crippen molar-refractivity contribution in [1.29, 1.82) is 0 Å². The fourth-order valence-electron chi connectivity index (χ4n) is 3.03. The van der Waals surface area contributed by atoms with Gasteiger partial charge in [-0.05, 0) is 31.2 Å². The van der Waals surface area contributed by atoms with Crippen LogP contribution in [0.25, 0.3) is 0 Å². The lowest BCUT2D eigenvalue weighted by molar-refractivity contribution is -0.122. The summed E-state index contributed by atoms with van der Waals surface area (Å²) in [5, 5.41) is 2.80. The number of nitrogens with one attached hydrogen (secondary N) is 1. The second-order valence-electron chi connectivity index (χ2n) is 6.20. The molecule has 0 spiro atoms. The van der Waals surface area contributed by atoms with Crippen LogP contribution in [0, 0.1) is 5.92 Å². The zero-order chi connectivity index (χ0) is 18.7. The lowest BCUT2D eigenvalue weighted by Crippen LogP contribution is -2.28. The van der Waals surface area contributed by atoms with Gasteiger partial charge in [-0.1, -0.05) is 24.3 Å². The van der Waals surface area contributed by atoms with Gasteiger partial charge >= 0.3 is 0 Å². The van der Waals surface area contributed by atoms with Crippen LogP contribution in [0.5, 0.6) is 5.75 Å². The number of hydrogen-bond acceptors (Lipinski definition) is 4. The molecule has 1 atom stereocenters. The van der Waals surface area contributed by atoms with E-state index in [4.69, 9.17) is 4.74 Å². The van der Waals surface area contributed by atoms with E-state index in [-0.39, 0.29) is 30.6 Å². The van der Waals surface area contributed by atoms with Crippen LogP contribution in [0.3, 0.4) is 0 Å². The molecule has 1 aliphatic rings. The van der Waals surface area contributed by atoms with Crippen molar-refractivity contribution < 1.29 is 19.1 Å². The quantitative estimate of drug-likeness (QED) is 0.840. The predicted octanol–water partition coefficient (Wildman–Crippen LogP) is 2.89. The standard InChI is InChI=1S/C20H20N2O4/c1-13(23)14-6-5-7-16(10-14)21-20(25)15-11-19(24)22(12-15)17-8-3-4-9-18(17)26-2/h3-10,15H,11-12H2,1-2H3,(H,21,25)/t15-/m0/s1. The molecule has 0 saturated carbocycles. The zero-order valence-electron chi connectivity index (χ0n) is 14.7. The van der Waals surface area contributed by atoms with Crippen LogP contribution in [0.4, 0.5) is 11.4 Å². The molecule has 0 aromatic heterocycles. The van der Waals surface area contributed by atoms with Crippen molar-refractivity contribution >= 4 is 29.0 Å². The lowest BCUT2D eigenvalue weighted by Gasteiger charge is -2.19. The van der Waals surface area contributed by atoms with E-state index in [1.54, 1.807) is 48.4 Å². The molecule has 1 aliphatic heterocycles. The van der Waals surface area contributed by atoms with Gasteiger partial charge in [0.15, 0.2) is 5.78 Å². The van der Waals surface area contributed by atoms with Gasteiger partial charge in [-0.2, -0.15) is 0 Å². The maximum absolute atomic E-state index is 12.6. The van der Waals surface area contributed by atoms with Gasteiger partial charge in [0.1, 0.15) is 5.75 Å². The number of benzene rings is 2. The van der Waals surface area contributed by atoms with E-state index in [0.717, 1.165) is 0 Å². The van der Waals surface area contributed by atoms with Gasteiger partial charge in [0.05, 0.1) is 18.7 Å². The fourth-order valence-corrected chi connectivity index (χ4v) is 3.03. The zero-order valence-corrected chi connectivity index (χ0v) is 14.7. The summed E-state index contributed by atoms with van der Waals surface area (Å²) in [4.78, 5) is 38.0. The van der Waals surface area contributed by atoms with E-state index in [1.165, 1.54) is 6.92 Å². The third kappa shape index (κ3) is 3.59. The molecule has 0 aliphatic carbocycles. The Morgan fingerprint density at radius 3 is 2.65 bits per heavy atom. The highest BCUT2D eigenvalue weighted by atomic mass is 16.5. The number of methoxy groups -OCH3 is 1. The third-order valence-electron chi connectivity index (χ3n) is 4.41. The Hall–Kier alpha value is -3.15. The Bertz CT molecular complexity index is 862. The van der Waals surface area contributed by atoms with Crippen LogP contribution in [0.1, 0.15) is 23.7 Å². The normalized spacial score (nSPS) is 16.5. The van der Waals surface area contributed by atoms with Gasteiger partial charge in [-0.15, -0.1) is 0 Å². The summed E-state index contributed by atoms with van der Waals surface area (Å²) in [6.07, 6.45) is 0.135. The molecule has 6 nitrogen and oxygen atoms in total. The molecule has 3 rings (SSSR count). The summed E-state index contributed by atoms with van der Waals surface area (Å²) < 4.78 is 5.31. The van der Waals surface area contributed by atoms with Crippen LogP contribution in [0.2, 0.25) is 0 Å². The van der Waals surface area contributed by atoms with E-state index in [2.05, 4.69) is 5.32 Å². The van der Waals surface area contributed by atoms with Crippen molar-refractivity contribution in [1.82, 2.24) is 0 Å².